The summed E-state index contributed by atoms with van der Waals surface area (Å²) in [5, 5.41) is 0.644. The van der Waals surface area contributed by atoms with Crippen molar-refractivity contribution in [3.05, 3.63) is 28.3 Å². The lowest BCUT2D eigenvalue weighted by Crippen LogP contribution is -2.19. The van der Waals surface area contributed by atoms with E-state index in [0.717, 1.165) is 31.2 Å². The summed E-state index contributed by atoms with van der Waals surface area (Å²) in [4.78, 5) is 12.8. The van der Waals surface area contributed by atoms with Gasteiger partial charge in [-0.25, -0.2) is 0 Å². The molecule has 2 nitrogen and oxygen atoms in total. The molecule has 21 heavy (non-hydrogen) atoms. The third kappa shape index (κ3) is 4.23. The van der Waals surface area contributed by atoms with Crippen molar-refractivity contribution in [1.82, 2.24) is 0 Å². The van der Waals surface area contributed by atoms with Gasteiger partial charge in [0, 0.05) is 10.9 Å². The summed E-state index contributed by atoms with van der Waals surface area (Å²) in [5.74, 6) is 1.47. The highest BCUT2D eigenvalue weighted by Gasteiger charge is 2.25. The molecule has 0 heterocycles. The van der Waals surface area contributed by atoms with E-state index in [1.165, 1.54) is 6.42 Å². The second kappa shape index (κ2) is 7.31. The van der Waals surface area contributed by atoms with Gasteiger partial charge in [-0.1, -0.05) is 44.7 Å². The van der Waals surface area contributed by atoms with Crippen molar-refractivity contribution in [2.75, 3.05) is 6.61 Å². The Balaban J connectivity index is 2.26. The summed E-state index contributed by atoms with van der Waals surface area (Å²) in [7, 11) is 0. The van der Waals surface area contributed by atoms with E-state index in [4.69, 9.17) is 16.3 Å². The first-order valence-corrected chi connectivity index (χ1v) is 8.34. The molecule has 0 spiro atoms. The average Bonchev–Trinajstić information content (AvgIpc) is 2.48. The second-order valence-electron chi connectivity index (χ2n) is 6.50. The van der Waals surface area contributed by atoms with E-state index in [9.17, 15) is 4.79 Å². The molecule has 1 aromatic carbocycles. The van der Waals surface area contributed by atoms with Crippen LogP contribution in [0, 0.1) is 18.8 Å². The molecule has 1 aromatic rings. The van der Waals surface area contributed by atoms with Crippen LogP contribution in [0.15, 0.2) is 12.1 Å². The molecule has 0 N–H and O–H groups in total. The maximum atomic E-state index is 12.8. The standard InChI is InChI=1S/C18H25ClO2/c1-12(2)11-21-17-9-13(3)16(19)10-15(17)18(20)14-7-5-4-6-8-14/h9-10,12,14H,4-8,11H2,1-3H3. The number of ketones is 1. The number of hydrogen-bond acceptors (Lipinski definition) is 2. The predicted molar refractivity (Wildman–Crippen MR) is 87.4 cm³/mol. The van der Waals surface area contributed by atoms with Gasteiger partial charge in [0.15, 0.2) is 5.78 Å². The lowest BCUT2D eigenvalue weighted by Gasteiger charge is -2.22. The minimum Gasteiger partial charge on any atom is -0.493 e. The number of benzene rings is 1. The largest absolute Gasteiger partial charge is 0.493 e. The van der Waals surface area contributed by atoms with Gasteiger partial charge in [0.05, 0.1) is 12.2 Å². The van der Waals surface area contributed by atoms with Crippen LogP contribution in [0.3, 0.4) is 0 Å². The SMILES string of the molecule is Cc1cc(OCC(C)C)c(C(=O)C2CCCCC2)cc1Cl. The average molecular weight is 309 g/mol. The first kappa shape index (κ1) is 16.4. The molecule has 1 saturated carbocycles. The summed E-state index contributed by atoms with van der Waals surface area (Å²) in [6.45, 7) is 6.77. The molecule has 1 fully saturated rings. The molecule has 0 atom stereocenters. The van der Waals surface area contributed by atoms with Crippen LogP contribution in [-0.4, -0.2) is 12.4 Å². The summed E-state index contributed by atoms with van der Waals surface area (Å²) >= 11 is 6.22. The third-order valence-corrected chi connectivity index (χ3v) is 4.48. The molecule has 2 rings (SSSR count). The molecule has 0 aliphatic heterocycles. The fourth-order valence-electron chi connectivity index (χ4n) is 2.81. The van der Waals surface area contributed by atoms with Gasteiger partial charge in [0.25, 0.3) is 0 Å². The van der Waals surface area contributed by atoms with Crippen molar-refractivity contribution >= 4 is 17.4 Å². The molecular formula is C18H25ClO2. The summed E-state index contributed by atoms with van der Waals surface area (Å²) in [5.41, 5.74) is 1.62. The number of carbonyl (C=O) groups is 1. The van der Waals surface area contributed by atoms with Crippen molar-refractivity contribution in [1.29, 1.82) is 0 Å². The Bertz CT molecular complexity index is 502. The van der Waals surface area contributed by atoms with Gasteiger partial charge in [-0.3, -0.25) is 4.79 Å². The highest BCUT2D eigenvalue weighted by molar-refractivity contribution is 6.31. The van der Waals surface area contributed by atoms with E-state index in [-0.39, 0.29) is 11.7 Å². The van der Waals surface area contributed by atoms with Crippen molar-refractivity contribution in [3.8, 4) is 5.75 Å². The number of carbonyl (C=O) groups excluding carboxylic acids is 1. The van der Waals surface area contributed by atoms with Crippen LogP contribution in [0.25, 0.3) is 0 Å². The van der Waals surface area contributed by atoms with Gasteiger partial charge in [-0.2, -0.15) is 0 Å². The Hall–Kier alpha value is -1.02. The highest BCUT2D eigenvalue weighted by atomic mass is 35.5. The Kier molecular flexibility index (Phi) is 5.69. The Labute approximate surface area is 132 Å². The topological polar surface area (TPSA) is 26.3 Å². The zero-order chi connectivity index (χ0) is 15.4. The van der Waals surface area contributed by atoms with Gasteiger partial charge < -0.3 is 4.74 Å². The Morgan fingerprint density at radius 2 is 1.95 bits per heavy atom. The van der Waals surface area contributed by atoms with E-state index in [2.05, 4.69) is 13.8 Å². The molecule has 1 aliphatic rings. The zero-order valence-electron chi connectivity index (χ0n) is 13.2. The third-order valence-electron chi connectivity index (χ3n) is 4.07. The van der Waals surface area contributed by atoms with Gasteiger partial charge in [0.2, 0.25) is 0 Å². The summed E-state index contributed by atoms with van der Waals surface area (Å²) in [6.07, 6.45) is 5.54. The first-order chi connectivity index (χ1) is 9.99. The van der Waals surface area contributed by atoms with E-state index in [0.29, 0.717) is 28.9 Å². The monoisotopic (exact) mass is 308 g/mol. The molecule has 116 valence electrons. The first-order valence-electron chi connectivity index (χ1n) is 7.96. The normalized spacial score (nSPS) is 16.2. The van der Waals surface area contributed by atoms with Crippen molar-refractivity contribution < 1.29 is 9.53 Å². The molecule has 0 radical (unpaired) electrons. The van der Waals surface area contributed by atoms with E-state index < -0.39 is 0 Å². The van der Waals surface area contributed by atoms with Crippen LogP contribution in [0.5, 0.6) is 5.75 Å². The lowest BCUT2D eigenvalue weighted by molar-refractivity contribution is 0.0884. The van der Waals surface area contributed by atoms with Gasteiger partial charge in [-0.05, 0) is 43.4 Å². The summed E-state index contributed by atoms with van der Waals surface area (Å²) < 4.78 is 5.87. The van der Waals surface area contributed by atoms with Crippen LogP contribution in [0.4, 0.5) is 0 Å². The predicted octanol–water partition coefficient (Wildman–Crippen LogP) is 5.45. The van der Waals surface area contributed by atoms with E-state index >= 15 is 0 Å². The second-order valence-corrected chi connectivity index (χ2v) is 6.91. The number of Topliss-reactive ketones (excluding diaryl/α,β-unsaturated/α-hetero) is 1. The molecule has 3 heteroatoms. The van der Waals surface area contributed by atoms with Crippen LogP contribution in [0.1, 0.15) is 61.9 Å². The molecule has 0 unspecified atom stereocenters. The minimum atomic E-state index is 0.138. The Morgan fingerprint density at radius 3 is 2.57 bits per heavy atom. The molecule has 1 aliphatic carbocycles. The van der Waals surface area contributed by atoms with Crippen molar-refractivity contribution in [2.24, 2.45) is 11.8 Å². The number of ether oxygens (including phenoxy) is 1. The maximum absolute atomic E-state index is 12.8. The van der Waals surface area contributed by atoms with Crippen LogP contribution < -0.4 is 4.74 Å². The fourth-order valence-corrected chi connectivity index (χ4v) is 2.97. The molecule has 0 bridgehead atoms. The van der Waals surface area contributed by atoms with Gasteiger partial charge in [0.1, 0.15) is 5.75 Å². The maximum Gasteiger partial charge on any atom is 0.169 e. The van der Waals surface area contributed by atoms with Crippen LogP contribution >= 0.6 is 11.6 Å². The zero-order valence-corrected chi connectivity index (χ0v) is 14.0. The quantitative estimate of drug-likeness (QED) is 0.676. The van der Waals surface area contributed by atoms with Crippen LogP contribution in [0.2, 0.25) is 5.02 Å². The van der Waals surface area contributed by atoms with Crippen molar-refractivity contribution in [2.45, 2.75) is 52.9 Å². The number of halogens is 1. The number of aryl methyl sites for hydroxylation is 1. The number of hydrogen-bond donors (Lipinski definition) is 0. The molecule has 0 aromatic heterocycles. The number of rotatable bonds is 5. The van der Waals surface area contributed by atoms with E-state index in [1.807, 2.05) is 13.0 Å². The molecule has 0 amide bonds. The fraction of sp³-hybridized carbons (Fsp3) is 0.611. The molecular weight excluding hydrogens is 284 g/mol. The summed E-state index contributed by atoms with van der Waals surface area (Å²) in [6, 6.07) is 3.70. The van der Waals surface area contributed by atoms with Crippen molar-refractivity contribution in [3.63, 3.8) is 0 Å². The van der Waals surface area contributed by atoms with Gasteiger partial charge in [-0.15, -0.1) is 0 Å². The Morgan fingerprint density at radius 1 is 1.29 bits per heavy atom. The minimum absolute atomic E-state index is 0.138. The van der Waals surface area contributed by atoms with Gasteiger partial charge >= 0.3 is 0 Å². The smallest absolute Gasteiger partial charge is 0.169 e. The van der Waals surface area contributed by atoms with E-state index in [1.54, 1.807) is 6.07 Å². The lowest BCUT2D eigenvalue weighted by atomic mass is 9.83. The highest BCUT2D eigenvalue weighted by Crippen LogP contribution is 2.33. The molecule has 0 saturated heterocycles. The van der Waals surface area contributed by atoms with Crippen LogP contribution in [-0.2, 0) is 0 Å².